The van der Waals surface area contributed by atoms with Gasteiger partial charge in [0.25, 0.3) is 6.85 Å². The molecule has 0 bridgehead atoms. The van der Waals surface area contributed by atoms with Gasteiger partial charge < -0.3 is 9.46 Å². The molecule has 0 fully saturated rings. The molecule has 4 aromatic rings. The van der Waals surface area contributed by atoms with E-state index in [0.29, 0.717) is 0 Å². The van der Waals surface area contributed by atoms with Crippen molar-refractivity contribution >= 4 is 36.6 Å². The summed E-state index contributed by atoms with van der Waals surface area (Å²) in [4.78, 5) is 18.5. The van der Waals surface area contributed by atoms with Crippen molar-refractivity contribution < 1.29 is 4.79 Å². The normalized spacial score (nSPS) is 12.8. The maximum Gasteiger partial charge on any atom is 0.260 e. The van der Waals surface area contributed by atoms with Crippen molar-refractivity contribution in [1.82, 2.24) is 9.46 Å². The van der Waals surface area contributed by atoms with Crippen LogP contribution in [0.3, 0.4) is 0 Å². The third-order valence-electron chi connectivity index (χ3n) is 9.36. The Bertz CT molecular complexity index is 1740. The topological polar surface area (TPSA) is 37.8 Å². The number of nitrogens with one attached hydrogen (secondary N) is 1. The first-order chi connectivity index (χ1) is 22.9. The number of rotatable bonds is 12. The Kier molecular flexibility index (Phi) is 12.6. The fourth-order valence-electron chi connectivity index (χ4n) is 6.43. The second-order valence-electron chi connectivity index (χ2n) is 16.9. The van der Waals surface area contributed by atoms with Crippen molar-refractivity contribution in [3.8, 4) is 11.5 Å². The van der Waals surface area contributed by atoms with E-state index < -0.39 is 8.07 Å². The molecule has 1 N–H and O–H groups in total. The molecule has 0 spiro atoms. The van der Waals surface area contributed by atoms with Gasteiger partial charge in [0.15, 0.2) is 0 Å². The summed E-state index contributed by atoms with van der Waals surface area (Å²) in [5, 5.41) is 0. The van der Waals surface area contributed by atoms with Gasteiger partial charge in [-0.2, -0.15) is 0 Å². The average molecular weight is 738 g/mol. The number of aromatic nitrogens is 2. The molecule has 0 aliphatic carbocycles. The number of hydrogen-bond acceptors (Lipinski definition) is 1. The molecule has 1 atom stereocenters. The molecule has 2 aromatic heterocycles. The fourth-order valence-corrected chi connectivity index (χ4v) is 7.31. The van der Waals surface area contributed by atoms with Gasteiger partial charge in [-0.1, -0.05) is 137 Å². The summed E-state index contributed by atoms with van der Waals surface area (Å²) in [6.45, 7) is 25.0. The summed E-state index contributed by atoms with van der Waals surface area (Å²) in [7, 11) is -1.49. The lowest BCUT2D eigenvalue weighted by molar-refractivity contribution is 0.103. The van der Waals surface area contributed by atoms with E-state index in [-0.39, 0.29) is 29.4 Å². The van der Waals surface area contributed by atoms with Crippen LogP contribution in [0.25, 0.3) is 0 Å². The third-order valence-corrected chi connectivity index (χ3v) is 10.7. The first kappa shape index (κ1) is 38.8. The summed E-state index contributed by atoms with van der Waals surface area (Å²) in [5.41, 5.74) is 11.8. The van der Waals surface area contributed by atoms with Crippen molar-refractivity contribution in [2.75, 3.05) is 0 Å². The molecule has 49 heavy (non-hydrogen) atoms. The number of nitrogens with zero attached hydrogens (tertiary/aromatic N) is 1. The van der Waals surface area contributed by atoms with Crippen LogP contribution in [-0.4, -0.2) is 30.2 Å². The quantitative estimate of drug-likeness (QED) is 0.0877. The van der Waals surface area contributed by atoms with Gasteiger partial charge in [-0.15, -0.1) is 5.54 Å². The summed E-state index contributed by atoms with van der Waals surface area (Å²) in [6.07, 6.45) is 6.57. The number of unbranched alkanes of at least 4 members (excludes halogenated alkanes) is 2. The predicted octanol–water partition coefficient (Wildman–Crippen LogP) is 12.3. The Balaban J connectivity index is 1.97. The lowest BCUT2D eigenvalue weighted by Crippen LogP contribution is -2.31. The van der Waals surface area contributed by atoms with E-state index in [1.165, 1.54) is 16.7 Å². The molecule has 2 heterocycles. The number of benzene rings is 2. The molecule has 4 rings (SSSR count). The standard InChI is InChI=1S/C43H58BBrN2OSi/c1-12-14-25-44(26-15-13-2)47-37(21-22-38(47)41(48)33-28-34(42(3,4)5)30-35(29-33)43(6,7)8)40(36-20-23-39(45)46-36)32-18-16-31(17-19-32)24-27-49(9,10)11/h16-23,28-30,40,46H,12-15,25-26H2,1-11H3. The van der Waals surface area contributed by atoms with Crippen molar-refractivity contribution in [3.05, 3.63) is 116 Å². The number of aromatic amines is 1. The van der Waals surface area contributed by atoms with E-state index in [4.69, 9.17) is 0 Å². The summed E-state index contributed by atoms with van der Waals surface area (Å²) in [6, 6.07) is 23.9. The zero-order valence-electron chi connectivity index (χ0n) is 32.0. The van der Waals surface area contributed by atoms with Crippen LogP contribution in [0.5, 0.6) is 0 Å². The van der Waals surface area contributed by atoms with Crippen LogP contribution in [0.2, 0.25) is 32.3 Å². The van der Waals surface area contributed by atoms with E-state index in [1.807, 2.05) is 0 Å². The minimum atomic E-state index is -1.49. The van der Waals surface area contributed by atoms with Crippen molar-refractivity contribution in [2.45, 2.75) is 130 Å². The molecule has 0 aliphatic rings. The first-order valence-corrected chi connectivity index (χ1v) is 22.6. The van der Waals surface area contributed by atoms with Crippen LogP contribution in [-0.2, 0) is 10.8 Å². The number of halogens is 1. The van der Waals surface area contributed by atoms with Gasteiger partial charge in [0.05, 0.1) is 16.2 Å². The molecular weight excluding hydrogens is 679 g/mol. The Morgan fingerprint density at radius 3 is 1.88 bits per heavy atom. The second kappa shape index (κ2) is 15.9. The predicted molar refractivity (Wildman–Crippen MR) is 218 cm³/mol. The second-order valence-corrected chi connectivity index (χ2v) is 22.5. The number of carbonyl (C=O) groups is 1. The van der Waals surface area contributed by atoms with Crippen LogP contribution < -0.4 is 0 Å². The number of carbonyl (C=O) groups excluding carboxylic acids is 1. The lowest BCUT2D eigenvalue weighted by atomic mass is 9.53. The molecular formula is C43H58BBrN2OSi. The van der Waals surface area contributed by atoms with Crippen LogP contribution >= 0.6 is 15.9 Å². The Hall–Kier alpha value is -3.01. The molecule has 0 saturated heterocycles. The molecule has 6 heteroatoms. The van der Waals surface area contributed by atoms with Gasteiger partial charge in [-0.05, 0) is 92.0 Å². The minimum Gasteiger partial charge on any atom is -0.386 e. The van der Waals surface area contributed by atoms with Crippen molar-refractivity contribution in [1.29, 1.82) is 0 Å². The summed E-state index contributed by atoms with van der Waals surface area (Å²) < 4.78 is 3.38. The molecule has 260 valence electrons. The van der Waals surface area contributed by atoms with E-state index >= 15 is 0 Å². The molecule has 3 nitrogen and oxygen atoms in total. The minimum absolute atomic E-state index is 0.0774. The van der Waals surface area contributed by atoms with Gasteiger partial charge in [0.1, 0.15) is 8.07 Å². The van der Waals surface area contributed by atoms with Crippen molar-refractivity contribution in [3.63, 3.8) is 0 Å². The van der Waals surface area contributed by atoms with Gasteiger partial charge >= 0.3 is 0 Å². The molecule has 0 aliphatic heterocycles. The highest BCUT2D eigenvalue weighted by molar-refractivity contribution is 9.10. The Morgan fingerprint density at radius 2 is 1.41 bits per heavy atom. The van der Waals surface area contributed by atoms with E-state index in [2.05, 4.69) is 179 Å². The monoisotopic (exact) mass is 736 g/mol. The van der Waals surface area contributed by atoms with Crippen LogP contribution in [0.1, 0.15) is 137 Å². The van der Waals surface area contributed by atoms with Crippen LogP contribution in [0.4, 0.5) is 0 Å². The molecule has 0 amide bonds. The molecule has 0 saturated carbocycles. The number of ketones is 1. The summed E-state index contributed by atoms with van der Waals surface area (Å²) in [5.74, 6) is 3.45. The summed E-state index contributed by atoms with van der Waals surface area (Å²) >= 11 is 3.69. The fraction of sp³-hybridized carbons (Fsp3) is 0.465. The van der Waals surface area contributed by atoms with Gasteiger partial charge in [-0.3, -0.25) is 4.79 Å². The lowest BCUT2D eigenvalue weighted by Gasteiger charge is -2.27. The number of H-pyrrole nitrogens is 1. The van der Waals surface area contributed by atoms with E-state index in [1.54, 1.807) is 0 Å². The number of hydrogen-bond donors (Lipinski definition) is 1. The van der Waals surface area contributed by atoms with Gasteiger partial charge in [-0.25, -0.2) is 0 Å². The largest absolute Gasteiger partial charge is 0.386 e. The Morgan fingerprint density at radius 1 is 0.837 bits per heavy atom. The van der Waals surface area contributed by atoms with Crippen LogP contribution in [0.15, 0.2) is 71.3 Å². The van der Waals surface area contributed by atoms with Crippen molar-refractivity contribution in [2.24, 2.45) is 0 Å². The zero-order valence-corrected chi connectivity index (χ0v) is 34.6. The zero-order chi connectivity index (χ0) is 36.1. The first-order valence-electron chi connectivity index (χ1n) is 18.3. The molecule has 0 radical (unpaired) electrons. The SMILES string of the molecule is CCCCB(CCCC)n1c(C(=O)c2cc(C(C)(C)C)cc(C(C)(C)C)c2)ccc1C(c1ccc(C#C[Si](C)(C)C)cc1)c1ccc(Br)[nH]1. The molecule has 2 aromatic carbocycles. The van der Waals surface area contributed by atoms with E-state index in [9.17, 15) is 4.79 Å². The van der Waals surface area contributed by atoms with Gasteiger partial charge in [0.2, 0.25) is 5.78 Å². The average Bonchev–Trinajstić information content (AvgIpc) is 3.66. The highest BCUT2D eigenvalue weighted by Gasteiger charge is 2.31. The highest BCUT2D eigenvalue weighted by Crippen LogP contribution is 2.37. The van der Waals surface area contributed by atoms with Crippen LogP contribution in [0, 0.1) is 11.5 Å². The highest BCUT2D eigenvalue weighted by atomic mass is 79.9. The maximum atomic E-state index is 14.9. The third kappa shape index (κ3) is 10.0. The smallest absolute Gasteiger partial charge is 0.260 e. The Labute approximate surface area is 307 Å². The molecule has 1 unspecified atom stereocenters. The van der Waals surface area contributed by atoms with E-state index in [0.717, 1.165) is 71.1 Å². The maximum absolute atomic E-state index is 14.9. The van der Waals surface area contributed by atoms with Gasteiger partial charge in [0, 0.05) is 22.5 Å².